The molecule has 0 unspecified atom stereocenters. The molecule has 0 heterocycles. The minimum atomic E-state index is 0.102. The first-order valence-electron chi connectivity index (χ1n) is 5.47. The van der Waals surface area contributed by atoms with E-state index < -0.39 is 0 Å². The van der Waals surface area contributed by atoms with Crippen molar-refractivity contribution in [3.63, 3.8) is 0 Å². The van der Waals surface area contributed by atoms with Crippen molar-refractivity contribution in [1.82, 2.24) is 0 Å². The summed E-state index contributed by atoms with van der Waals surface area (Å²) in [5.74, 6) is 0. The Morgan fingerprint density at radius 2 is 1.60 bits per heavy atom. The Labute approximate surface area is 94.4 Å². The summed E-state index contributed by atoms with van der Waals surface area (Å²) in [6, 6.07) is 0. The first-order chi connectivity index (χ1) is 7.09. The van der Waals surface area contributed by atoms with E-state index in [0.29, 0.717) is 0 Å². The molecule has 1 aliphatic rings. The molecule has 0 nitrogen and oxygen atoms in total. The van der Waals surface area contributed by atoms with Crippen LogP contribution in [-0.2, 0) is 0 Å². The summed E-state index contributed by atoms with van der Waals surface area (Å²) in [4.78, 5) is 0. The Bertz CT molecular complexity index is 309. The highest BCUT2D eigenvalue weighted by atomic mass is 14.2. The molecule has 0 aromatic rings. The number of rotatable bonds is 2. The molecule has 0 radical (unpaired) electrons. The average molecular weight is 202 g/mol. The summed E-state index contributed by atoms with van der Waals surface area (Å²) in [5.41, 5.74) is 2.40. The van der Waals surface area contributed by atoms with Crippen molar-refractivity contribution in [1.29, 1.82) is 0 Å². The minimum Gasteiger partial charge on any atom is -0.0985 e. The van der Waals surface area contributed by atoms with Crippen molar-refractivity contribution in [3.8, 4) is 0 Å². The van der Waals surface area contributed by atoms with Gasteiger partial charge in [-0.15, -0.1) is 0 Å². The summed E-state index contributed by atoms with van der Waals surface area (Å²) >= 11 is 0. The molecule has 0 atom stereocenters. The quantitative estimate of drug-likeness (QED) is 0.601. The lowest BCUT2D eigenvalue weighted by Gasteiger charge is -2.14. The lowest BCUT2D eigenvalue weighted by atomic mass is 9.90. The van der Waals surface area contributed by atoms with Crippen molar-refractivity contribution < 1.29 is 0 Å². The van der Waals surface area contributed by atoms with Crippen molar-refractivity contribution >= 4 is 0 Å². The molecule has 0 aromatic heterocycles. The summed E-state index contributed by atoms with van der Waals surface area (Å²) in [6.07, 6.45) is 12.3. The molecule has 0 saturated carbocycles. The van der Waals surface area contributed by atoms with Gasteiger partial charge in [0.1, 0.15) is 0 Å². The third-order valence-corrected chi connectivity index (χ3v) is 2.10. The normalized spacial score (nSPS) is 17.6. The second-order valence-corrected chi connectivity index (χ2v) is 3.81. The van der Waals surface area contributed by atoms with Crippen LogP contribution >= 0.6 is 0 Å². The van der Waals surface area contributed by atoms with Gasteiger partial charge in [-0.1, -0.05) is 77.3 Å². The number of allylic oxidation sites excluding steroid dienone is 8. The zero-order valence-corrected chi connectivity index (χ0v) is 10.4. The third-order valence-electron chi connectivity index (χ3n) is 2.10. The van der Waals surface area contributed by atoms with E-state index in [4.69, 9.17) is 0 Å². The molecule has 0 fully saturated rings. The van der Waals surface area contributed by atoms with Gasteiger partial charge in [0.2, 0.25) is 0 Å². The maximum Gasteiger partial charge on any atom is 0.00167 e. The first kappa shape index (κ1) is 13.7. The van der Waals surface area contributed by atoms with E-state index in [0.717, 1.165) is 11.1 Å². The zero-order chi connectivity index (χ0) is 11.9. The highest BCUT2D eigenvalue weighted by molar-refractivity contribution is 5.49. The van der Waals surface area contributed by atoms with Crippen molar-refractivity contribution in [2.24, 2.45) is 5.41 Å². The van der Waals surface area contributed by atoms with Crippen LogP contribution in [0.5, 0.6) is 0 Å². The van der Waals surface area contributed by atoms with Crippen LogP contribution in [0, 0.1) is 5.41 Å². The Balaban J connectivity index is 0.000000921. The van der Waals surface area contributed by atoms with Crippen LogP contribution < -0.4 is 0 Å². The largest absolute Gasteiger partial charge is 0.0985 e. The monoisotopic (exact) mass is 202 g/mol. The maximum absolute atomic E-state index is 3.81. The van der Waals surface area contributed by atoms with Crippen LogP contribution in [0.4, 0.5) is 0 Å². The Kier molecular flexibility index (Phi) is 5.69. The molecule has 0 aromatic carbocycles. The summed E-state index contributed by atoms with van der Waals surface area (Å²) < 4.78 is 0. The summed E-state index contributed by atoms with van der Waals surface area (Å²) in [6.45, 7) is 15.9. The van der Waals surface area contributed by atoms with Gasteiger partial charge in [-0.3, -0.25) is 0 Å². The Hall–Kier alpha value is -1.30. The smallest absolute Gasteiger partial charge is 0.00167 e. The van der Waals surface area contributed by atoms with Gasteiger partial charge in [0.15, 0.2) is 0 Å². The second-order valence-electron chi connectivity index (χ2n) is 3.81. The third kappa shape index (κ3) is 4.16. The fourth-order valence-electron chi connectivity index (χ4n) is 1.39. The van der Waals surface area contributed by atoms with E-state index in [9.17, 15) is 0 Å². The molecule has 15 heavy (non-hydrogen) atoms. The second kappa shape index (κ2) is 6.23. The predicted octanol–water partition coefficient (Wildman–Crippen LogP) is 4.83. The van der Waals surface area contributed by atoms with Crippen LogP contribution in [0.3, 0.4) is 0 Å². The minimum absolute atomic E-state index is 0.102. The SMILES string of the molecule is C=CC1=CC=CC(C)(C)C=C1C=C.CC. The molecule has 82 valence electrons. The fourth-order valence-corrected chi connectivity index (χ4v) is 1.39. The molecular formula is C15H22. The van der Waals surface area contributed by atoms with Gasteiger partial charge in [0.05, 0.1) is 0 Å². The van der Waals surface area contributed by atoms with Gasteiger partial charge >= 0.3 is 0 Å². The molecular weight excluding hydrogens is 180 g/mol. The average Bonchev–Trinajstić information content (AvgIpc) is 2.38. The first-order valence-corrected chi connectivity index (χ1v) is 5.47. The van der Waals surface area contributed by atoms with E-state index in [-0.39, 0.29) is 5.41 Å². The van der Waals surface area contributed by atoms with E-state index in [1.165, 1.54) is 0 Å². The van der Waals surface area contributed by atoms with Crippen molar-refractivity contribution in [2.75, 3.05) is 0 Å². The number of hydrogen-bond acceptors (Lipinski definition) is 0. The molecule has 0 saturated heterocycles. The lowest BCUT2D eigenvalue weighted by Crippen LogP contribution is -2.02. The van der Waals surface area contributed by atoms with Crippen LogP contribution in [0.15, 0.2) is 60.8 Å². The summed E-state index contributed by atoms with van der Waals surface area (Å²) in [5, 5.41) is 0. The number of hydrogen-bond donors (Lipinski definition) is 0. The highest BCUT2D eigenvalue weighted by Gasteiger charge is 2.13. The van der Waals surface area contributed by atoms with Gasteiger partial charge in [-0.05, 0) is 11.1 Å². The van der Waals surface area contributed by atoms with Crippen LogP contribution in [0.1, 0.15) is 27.7 Å². The lowest BCUT2D eigenvalue weighted by molar-refractivity contribution is 0.624. The van der Waals surface area contributed by atoms with Gasteiger partial charge in [-0.2, -0.15) is 0 Å². The molecule has 1 aliphatic carbocycles. The van der Waals surface area contributed by atoms with E-state index in [1.54, 1.807) is 0 Å². The van der Waals surface area contributed by atoms with Crippen LogP contribution in [-0.4, -0.2) is 0 Å². The summed E-state index contributed by atoms with van der Waals surface area (Å²) in [7, 11) is 0. The standard InChI is InChI=1S/C13H16.C2H6/c1-5-11-8-7-9-13(3,4)10-12(11)6-2;1-2/h5-10H,1-2H2,3-4H3;1-2H3. The van der Waals surface area contributed by atoms with Crippen LogP contribution in [0.2, 0.25) is 0 Å². The molecule has 0 heteroatoms. The molecule has 1 rings (SSSR count). The topological polar surface area (TPSA) is 0 Å². The van der Waals surface area contributed by atoms with Crippen molar-refractivity contribution in [3.05, 3.63) is 60.8 Å². The molecule has 0 amide bonds. The molecule has 0 N–H and O–H groups in total. The molecule has 0 aliphatic heterocycles. The zero-order valence-electron chi connectivity index (χ0n) is 10.4. The highest BCUT2D eigenvalue weighted by Crippen LogP contribution is 2.27. The Morgan fingerprint density at radius 1 is 1.07 bits per heavy atom. The van der Waals surface area contributed by atoms with E-state index >= 15 is 0 Å². The van der Waals surface area contributed by atoms with Gasteiger partial charge < -0.3 is 0 Å². The van der Waals surface area contributed by atoms with E-state index in [1.807, 2.05) is 26.0 Å². The van der Waals surface area contributed by atoms with Gasteiger partial charge in [0.25, 0.3) is 0 Å². The van der Waals surface area contributed by atoms with Gasteiger partial charge in [-0.25, -0.2) is 0 Å². The van der Waals surface area contributed by atoms with Gasteiger partial charge in [0, 0.05) is 5.41 Å². The maximum atomic E-state index is 3.81. The Morgan fingerprint density at radius 3 is 2.07 bits per heavy atom. The molecule has 0 bridgehead atoms. The van der Waals surface area contributed by atoms with Crippen LogP contribution in [0.25, 0.3) is 0 Å². The molecule has 0 spiro atoms. The fraction of sp³-hybridized carbons (Fsp3) is 0.333. The van der Waals surface area contributed by atoms with Crippen molar-refractivity contribution in [2.45, 2.75) is 27.7 Å². The van der Waals surface area contributed by atoms with E-state index in [2.05, 4.69) is 51.3 Å². The predicted molar refractivity (Wildman–Crippen MR) is 70.8 cm³/mol.